The largest absolute Gasteiger partial charge is 0.454 e. The van der Waals surface area contributed by atoms with Crippen LogP contribution in [0.1, 0.15) is 29.5 Å². The minimum absolute atomic E-state index is 0.0164. The lowest BCUT2D eigenvalue weighted by atomic mass is 9.94. The Morgan fingerprint density at radius 3 is 2.41 bits per heavy atom. The van der Waals surface area contributed by atoms with Gasteiger partial charge in [0.1, 0.15) is 9.84 Å². The van der Waals surface area contributed by atoms with E-state index in [9.17, 15) is 13.2 Å². The van der Waals surface area contributed by atoms with Crippen molar-refractivity contribution in [1.82, 2.24) is 0 Å². The van der Waals surface area contributed by atoms with E-state index in [1.807, 2.05) is 67.6 Å². The predicted molar refractivity (Wildman–Crippen MR) is 132 cm³/mol. The lowest BCUT2D eigenvalue weighted by molar-refractivity contribution is -0.118. The van der Waals surface area contributed by atoms with Crippen LogP contribution >= 0.6 is 0 Å². The van der Waals surface area contributed by atoms with Crippen LogP contribution in [0.2, 0.25) is 0 Å². The monoisotopic (exact) mass is 477 g/mol. The number of amides is 1. The first-order chi connectivity index (χ1) is 16.2. The molecule has 1 fully saturated rings. The van der Waals surface area contributed by atoms with E-state index in [4.69, 9.17) is 9.47 Å². The summed E-state index contributed by atoms with van der Waals surface area (Å²) in [5.74, 6) is 1.52. The highest BCUT2D eigenvalue weighted by Crippen LogP contribution is 2.51. The first kappa shape index (κ1) is 22.5. The number of hydrogen-bond donors (Lipinski definition) is 1. The number of fused-ring (bicyclic) bond motifs is 1. The van der Waals surface area contributed by atoms with Crippen molar-refractivity contribution in [2.75, 3.05) is 24.1 Å². The third kappa shape index (κ3) is 4.53. The van der Waals surface area contributed by atoms with Crippen LogP contribution in [0.3, 0.4) is 0 Å². The fourth-order valence-electron chi connectivity index (χ4n) is 4.38. The Kier molecular flexibility index (Phi) is 5.60. The molecule has 1 heterocycles. The zero-order chi connectivity index (χ0) is 23.9. The normalized spacial score (nSPS) is 15.7. The number of hydrogen-bond acceptors (Lipinski definition) is 5. The molecule has 0 aromatic heterocycles. The fourth-order valence-corrected chi connectivity index (χ4v) is 4.99. The molecule has 176 valence electrons. The van der Waals surface area contributed by atoms with Gasteiger partial charge in [0.25, 0.3) is 0 Å². The molecule has 0 unspecified atom stereocenters. The summed E-state index contributed by atoms with van der Waals surface area (Å²) in [6, 6.07) is 19.6. The smallest absolute Gasteiger partial charge is 0.235 e. The van der Waals surface area contributed by atoms with Gasteiger partial charge in [0.2, 0.25) is 12.7 Å². The van der Waals surface area contributed by atoms with Crippen LogP contribution in [-0.4, -0.2) is 33.1 Å². The van der Waals surface area contributed by atoms with Crippen LogP contribution < -0.4 is 14.8 Å². The summed E-state index contributed by atoms with van der Waals surface area (Å²) in [6.07, 6.45) is 3.34. The van der Waals surface area contributed by atoms with Crippen molar-refractivity contribution in [2.24, 2.45) is 0 Å². The van der Waals surface area contributed by atoms with E-state index in [2.05, 4.69) is 5.32 Å². The zero-order valence-electron chi connectivity index (χ0n) is 19.3. The van der Waals surface area contributed by atoms with Gasteiger partial charge in [-0.05, 0) is 78.3 Å². The first-order valence-electron chi connectivity index (χ1n) is 11.3. The number of rotatable bonds is 7. The molecule has 7 heteroatoms. The highest BCUT2D eigenvalue weighted by Gasteiger charge is 2.51. The summed E-state index contributed by atoms with van der Waals surface area (Å²) in [4.78, 5) is 13.3. The first-order valence-corrected chi connectivity index (χ1v) is 13.4. The van der Waals surface area contributed by atoms with Gasteiger partial charge in [-0.25, -0.2) is 8.42 Å². The maximum absolute atomic E-state index is 13.3. The van der Waals surface area contributed by atoms with Crippen molar-refractivity contribution in [3.05, 3.63) is 77.4 Å². The summed E-state index contributed by atoms with van der Waals surface area (Å²) in [5, 5.41) is 3.12. The SMILES string of the molecule is Cc1ccc(NC(=O)C2(c3ccc4c(c3)OCO4)CC2)cc1-c1ccc(CCS(C)(=O)=O)cc1. The van der Waals surface area contributed by atoms with Gasteiger partial charge in [-0.2, -0.15) is 0 Å². The second kappa shape index (κ2) is 8.47. The maximum atomic E-state index is 13.3. The molecule has 0 atom stereocenters. The molecule has 3 aromatic carbocycles. The molecule has 0 radical (unpaired) electrons. The average molecular weight is 478 g/mol. The molecule has 6 nitrogen and oxygen atoms in total. The molecule has 2 aliphatic rings. The minimum atomic E-state index is -2.99. The van der Waals surface area contributed by atoms with Crippen molar-refractivity contribution in [3.8, 4) is 22.6 Å². The summed E-state index contributed by atoms with van der Waals surface area (Å²) < 4.78 is 33.8. The predicted octanol–water partition coefficient (Wildman–Crippen LogP) is 4.65. The second-order valence-corrected chi connectivity index (χ2v) is 11.5. The third-order valence-corrected chi connectivity index (χ3v) is 7.58. The molecule has 5 rings (SSSR count). The van der Waals surface area contributed by atoms with Gasteiger partial charge in [0.15, 0.2) is 11.5 Å². The Hall–Kier alpha value is -3.32. The van der Waals surface area contributed by atoms with E-state index in [0.29, 0.717) is 17.9 Å². The molecule has 3 aromatic rings. The number of nitrogens with one attached hydrogen (secondary N) is 1. The Labute approximate surface area is 199 Å². The molecular formula is C27H27NO5S. The van der Waals surface area contributed by atoms with Gasteiger partial charge in [-0.3, -0.25) is 4.79 Å². The number of carbonyl (C=O) groups excluding carboxylic acids is 1. The van der Waals surface area contributed by atoms with Gasteiger partial charge in [0.05, 0.1) is 11.2 Å². The average Bonchev–Trinajstić information content (AvgIpc) is 3.50. The van der Waals surface area contributed by atoms with Crippen LogP contribution in [0, 0.1) is 6.92 Å². The van der Waals surface area contributed by atoms with Crippen LogP contribution in [0.25, 0.3) is 11.1 Å². The van der Waals surface area contributed by atoms with Crippen molar-refractivity contribution < 1.29 is 22.7 Å². The summed E-state index contributed by atoms with van der Waals surface area (Å²) in [7, 11) is -2.99. The molecule has 1 amide bonds. The Balaban J connectivity index is 1.33. The molecule has 0 bridgehead atoms. The molecule has 0 saturated heterocycles. The maximum Gasteiger partial charge on any atom is 0.235 e. The topological polar surface area (TPSA) is 81.7 Å². The Bertz CT molecular complexity index is 1360. The third-order valence-electron chi connectivity index (χ3n) is 6.63. The van der Waals surface area contributed by atoms with Crippen molar-refractivity contribution >= 4 is 21.4 Å². The van der Waals surface area contributed by atoms with E-state index < -0.39 is 15.3 Å². The van der Waals surface area contributed by atoms with Gasteiger partial charge < -0.3 is 14.8 Å². The number of sulfone groups is 1. The zero-order valence-corrected chi connectivity index (χ0v) is 20.1. The van der Waals surface area contributed by atoms with Crippen molar-refractivity contribution in [3.63, 3.8) is 0 Å². The van der Waals surface area contributed by atoms with E-state index in [0.717, 1.165) is 46.3 Å². The van der Waals surface area contributed by atoms with E-state index in [1.165, 1.54) is 6.26 Å². The van der Waals surface area contributed by atoms with Crippen LogP contribution in [-0.2, 0) is 26.5 Å². The molecule has 0 spiro atoms. The standard InChI is InChI=1S/C27H27NO5S/c1-18-3-9-22(16-23(18)20-6-4-19(5-7-20)11-14-34(2,30)31)28-26(29)27(12-13-27)21-8-10-24-25(15-21)33-17-32-24/h3-10,15-16H,11-14,17H2,1-2H3,(H,28,29). The van der Waals surface area contributed by atoms with E-state index >= 15 is 0 Å². The molecule has 34 heavy (non-hydrogen) atoms. The Morgan fingerprint density at radius 2 is 1.71 bits per heavy atom. The molecule has 1 saturated carbocycles. The lowest BCUT2D eigenvalue weighted by Crippen LogP contribution is -2.27. The molecular weight excluding hydrogens is 450 g/mol. The van der Waals surface area contributed by atoms with Crippen LogP contribution in [0.15, 0.2) is 60.7 Å². The highest BCUT2D eigenvalue weighted by atomic mass is 32.2. The van der Waals surface area contributed by atoms with Crippen molar-refractivity contribution in [1.29, 1.82) is 0 Å². The number of aryl methyl sites for hydroxylation is 2. The quantitative estimate of drug-likeness (QED) is 0.536. The fraction of sp³-hybridized carbons (Fsp3) is 0.296. The van der Waals surface area contributed by atoms with Gasteiger partial charge in [0, 0.05) is 11.9 Å². The molecule has 1 aliphatic heterocycles. The lowest BCUT2D eigenvalue weighted by Gasteiger charge is -2.17. The van der Waals surface area contributed by atoms with Crippen LogP contribution in [0.5, 0.6) is 11.5 Å². The van der Waals surface area contributed by atoms with Gasteiger partial charge >= 0.3 is 0 Å². The summed E-state index contributed by atoms with van der Waals surface area (Å²) >= 11 is 0. The summed E-state index contributed by atoms with van der Waals surface area (Å²) in [6.45, 7) is 2.25. The Morgan fingerprint density at radius 1 is 0.971 bits per heavy atom. The van der Waals surface area contributed by atoms with Crippen LogP contribution in [0.4, 0.5) is 5.69 Å². The van der Waals surface area contributed by atoms with Crippen molar-refractivity contribution in [2.45, 2.75) is 31.6 Å². The highest BCUT2D eigenvalue weighted by molar-refractivity contribution is 7.90. The van der Waals surface area contributed by atoms with Gasteiger partial charge in [-0.1, -0.05) is 36.4 Å². The second-order valence-electron chi connectivity index (χ2n) is 9.21. The molecule has 1 aliphatic carbocycles. The van der Waals surface area contributed by atoms with Gasteiger partial charge in [-0.15, -0.1) is 0 Å². The summed E-state index contributed by atoms with van der Waals surface area (Å²) in [5.41, 5.74) is 5.29. The number of carbonyl (C=O) groups is 1. The van der Waals surface area contributed by atoms with E-state index in [1.54, 1.807) is 0 Å². The minimum Gasteiger partial charge on any atom is -0.454 e. The number of ether oxygens (including phenoxy) is 2. The number of anilines is 1. The van der Waals surface area contributed by atoms with E-state index in [-0.39, 0.29) is 18.5 Å². The number of benzene rings is 3. The molecule has 1 N–H and O–H groups in total.